The zero-order valence-corrected chi connectivity index (χ0v) is 7.22. The Kier molecular flexibility index (Phi) is 9.91. The molecule has 0 saturated heterocycles. The van der Waals surface area contributed by atoms with Crippen LogP contribution in [0.25, 0.3) is 0 Å². The summed E-state index contributed by atoms with van der Waals surface area (Å²) in [6.45, 7) is 2.16. The van der Waals surface area contributed by atoms with Crippen molar-refractivity contribution in [2.45, 2.75) is 13.3 Å². The molecule has 0 heterocycles. The van der Waals surface area contributed by atoms with E-state index in [4.69, 9.17) is 0 Å². The molecular weight excluding hydrogens is 200 g/mol. The minimum absolute atomic E-state index is 0. The molecule has 1 aromatic carbocycles. The van der Waals surface area contributed by atoms with Crippen LogP contribution in [0, 0.1) is 0 Å². The standard InChI is InChI=1S/C8H10.BrH.Mg.2H/c1-2-8-6-4-3-5-7-8;;;;/h3-7H,2H2,1H3;1H;;;. The van der Waals surface area contributed by atoms with Crippen LogP contribution in [0.5, 0.6) is 0 Å². The van der Waals surface area contributed by atoms with Crippen molar-refractivity contribution in [2.75, 3.05) is 0 Å². The number of hydrogen-bond acceptors (Lipinski definition) is 0. The monoisotopic (exact) mass is 212 g/mol. The van der Waals surface area contributed by atoms with Gasteiger partial charge in [0.1, 0.15) is 0 Å². The van der Waals surface area contributed by atoms with E-state index in [9.17, 15) is 0 Å². The number of halogens is 1. The highest BCUT2D eigenvalue weighted by molar-refractivity contribution is 8.93. The Balaban J connectivity index is 0. The van der Waals surface area contributed by atoms with Crippen LogP contribution in [-0.2, 0) is 6.42 Å². The van der Waals surface area contributed by atoms with Gasteiger partial charge in [-0.3, -0.25) is 0 Å². The molecule has 0 bridgehead atoms. The van der Waals surface area contributed by atoms with Crippen LogP contribution < -0.4 is 0 Å². The van der Waals surface area contributed by atoms with E-state index in [1.54, 1.807) is 0 Å². The smallest absolute Gasteiger partial charge is 0.114 e. The summed E-state index contributed by atoms with van der Waals surface area (Å²) >= 11 is 0. The van der Waals surface area contributed by atoms with E-state index in [0.29, 0.717) is 0 Å². The summed E-state index contributed by atoms with van der Waals surface area (Å²) in [5, 5.41) is 0. The average molecular weight is 213 g/mol. The summed E-state index contributed by atoms with van der Waals surface area (Å²) in [6, 6.07) is 10.5. The van der Waals surface area contributed by atoms with E-state index in [0.717, 1.165) is 6.42 Å². The van der Waals surface area contributed by atoms with Crippen molar-refractivity contribution < 1.29 is 0 Å². The Morgan fingerprint density at radius 3 is 1.90 bits per heavy atom. The average Bonchev–Trinajstić information content (AvgIpc) is 1.90. The molecule has 0 nitrogen and oxygen atoms in total. The summed E-state index contributed by atoms with van der Waals surface area (Å²) in [5.74, 6) is 0. The molecule has 54 valence electrons. The van der Waals surface area contributed by atoms with E-state index < -0.39 is 0 Å². The second-order valence-corrected chi connectivity index (χ2v) is 1.84. The predicted octanol–water partition coefficient (Wildman–Crippen LogP) is 1.91. The van der Waals surface area contributed by atoms with Crippen molar-refractivity contribution in [3.05, 3.63) is 35.9 Å². The largest absolute Gasteiger partial charge is 0.316 e. The predicted molar refractivity (Wildman–Crippen MR) is 54.7 cm³/mol. The van der Waals surface area contributed by atoms with Crippen LogP contribution in [0.15, 0.2) is 30.3 Å². The lowest BCUT2D eigenvalue weighted by molar-refractivity contribution is 1.14. The Labute approximate surface area is 88.9 Å². The highest BCUT2D eigenvalue weighted by Crippen LogP contribution is 1.96. The van der Waals surface area contributed by atoms with Crippen molar-refractivity contribution in [3.8, 4) is 0 Å². The summed E-state index contributed by atoms with van der Waals surface area (Å²) in [7, 11) is 0. The van der Waals surface area contributed by atoms with Gasteiger partial charge in [0.25, 0.3) is 0 Å². The van der Waals surface area contributed by atoms with E-state index in [1.807, 2.05) is 6.07 Å². The fraction of sp³-hybridized carbons (Fsp3) is 0.250. The lowest BCUT2D eigenvalue weighted by Crippen LogP contribution is -1.73. The summed E-state index contributed by atoms with van der Waals surface area (Å²) in [5.41, 5.74) is 1.41. The molecule has 0 aliphatic rings. The van der Waals surface area contributed by atoms with Gasteiger partial charge >= 0.3 is 23.1 Å². The Hall–Kier alpha value is 0.466. The third kappa shape index (κ3) is 4.31. The molecule has 0 spiro atoms. The van der Waals surface area contributed by atoms with Gasteiger partial charge in [0.2, 0.25) is 0 Å². The molecule has 0 aliphatic heterocycles. The summed E-state index contributed by atoms with van der Waals surface area (Å²) < 4.78 is 0. The first-order valence-electron chi connectivity index (χ1n) is 2.97. The van der Waals surface area contributed by atoms with Crippen LogP contribution >= 0.6 is 17.0 Å². The number of hydrogen-bond donors (Lipinski definition) is 0. The van der Waals surface area contributed by atoms with Crippen molar-refractivity contribution in [1.29, 1.82) is 0 Å². The molecule has 0 N–H and O–H groups in total. The van der Waals surface area contributed by atoms with Crippen molar-refractivity contribution in [3.63, 3.8) is 0 Å². The van der Waals surface area contributed by atoms with E-state index in [-0.39, 0.29) is 40.0 Å². The normalized spacial score (nSPS) is 7.30. The topological polar surface area (TPSA) is 0 Å². The van der Waals surface area contributed by atoms with Crippen molar-refractivity contribution in [2.24, 2.45) is 0 Å². The van der Waals surface area contributed by atoms with Gasteiger partial charge in [-0.15, -0.1) is 17.0 Å². The van der Waals surface area contributed by atoms with Gasteiger partial charge in [-0.2, -0.15) is 0 Å². The molecule has 2 heteroatoms. The van der Waals surface area contributed by atoms with E-state index in [1.165, 1.54) is 5.56 Å². The van der Waals surface area contributed by atoms with E-state index in [2.05, 4.69) is 31.2 Å². The lowest BCUT2D eigenvalue weighted by Gasteiger charge is -1.89. The van der Waals surface area contributed by atoms with Gasteiger partial charge in [0.05, 0.1) is 0 Å². The molecule has 0 aliphatic carbocycles. The Morgan fingerprint density at radius 2 is 1.60 bits per heavy atom. The second kappa shape index (κ2) is 7.57. The van der Waals surface area contributed by atoms with Gasteiger partial charge in [-0.25, -0.2) is 0 Å². The fourth-order valence-corrected chi connectivity index (χ4v) is 0.714. The van der Waals surface area contributed by atoms with Crippen LogP contribution in [0.4, 0.5) is 0 Å². The zero-order valence-electron chi connectivity index (χ0n) is 5.50. The molecule has 0 aromatic heterocycles. The van der Waals surface area contributed by atoms with Crippen LogP contribution in [-0.4, -0.2) is 23.1 Å². The number of rotatable bonds is 1. The highest BCUT2D eigenvalue weighted by atomic mass is 79.9. The lowest BCUT2D eigenvalue weighted by atomic mass is 10.2. The summed E-state index contributed by atoms with van der Waals surface area (Å²) in [6.07, 6.45) is 1.14. The molecular formula is C8H13BrMg. The Bertz CT molecular complexity index is 151. The SMILES string of the molecule is Br.CCc1ccccc1.[MgH2]. The molecule has 0 unspecified atom stereocenters. The first-order chi connectivity index (χ1) is 3.93. The molecule has 10 heavy (non-hydrogen) atoms. The molecule has 0 saturated carbocycles. The Morgan fingerprint density at radius 1 is 1.10 bits per heavy atom. The van der Waals surface area contributed by atoms with Gasteiger partial charge in [0.15, 0.2) is 0 Å². The minimum Gasteiger partial charge on any atom is -0.114 e. The second-order valence-electron chi connectivity index (χ2n) is 1.84. The quantitative estimate of drug-likeness (QED) is 0.625. The molecule has 0 radical (unpaired) electrons. The summed E-state index contributed by atoms with van der Waals surface area (Å²) in [4.78, 5) is 0. The van der Waals surface area contributed by atoms with Gasteiger partial charge < -0.3 is 0 Å². The molecule has 1 aromatic rings. The van der Waals surface area contributed by atoms with Crippen molar-refractivity contribution >= 4 is 40.0 Å². The van der Waals surface area contributed by atoms with E-state index >= 15 is 0 Å². The molecule has 0 fully saturated rings. The van der Waals surface area contributed by atoms with Gasteiger partial charge in [0, 0.05) is 0 Å². The van der Waals surface area contributed by atoms with Gasteiger partial charge in [-0.05, 0) is 12.0 Å². The maximum absolute atomic E-state index is 2.16. The first-order valence-corrected chi connectivity index (χ1v) is 2.97. The number of benzene rings is 1. The third-order valence-corrected chi connectivity index (χ3v) is 1.25. The minimum atomic E-state index is 0. The van der Waals surface area contributed by atoms with Gasteiger partial charge in [-0.1, -0.05) is 37.3 Å². The molecule has 0 atom stereocenters. The number of aryl methyl sites for hydroxylation is 1. The van der Waals surface area contributed by atoms with Crippen LogP contribution in [0.2, 0.25) is 0 Å². The van der Waals surface area contributed by atoms with Crippen molar-refractivity contribution in [1.82, 2.24) is 0 Å². The maximum atomic E-state index is 2.16. The molecule has 0 amide bonds. The first kappa shape index (κ1) is 13.1. The fourth-order valence-electron chi connectivity index (χ4n) is 0.714. The zero-order chi connectivity index (χ0) is 5.82. The van der Waals surface area contributed by atoms with Crippen LogP contribution in [0.1, 0.15) is 12.5 Å². The highest BCUT2D eigenvalue weighted by Gasteiger charge is 1.79. The molecule has 1 rings (SSSR count). The van der Waals surface area contributed by atoms with Crippen LogP contribution in [0.3, 0.4) is 0 Å². The maximum Gasteiger partial charge on any atom is 0.316 e. The third-order valence-electron chi connectivity index (χ3n) is 1.25.